The third-order valence-corrected chi connectivity index (χ3v) is 4.60. The first-order valence-corrected chi connectivity index (χ1v) is 8.04. The highest BCUT2D eigenvalue weighted by Crippen LogP contribution is 2.30. The van der Waals surface area contributed by atoms with E-state index in [1.54, 1.807) is 0 Å². The first kappa shape index (κ1) is 16.2. The number of nitrogens with zero attached hydrogens (tertiary/aromatic N) is 1. The molecule has 0 amide bonds. The fourth-order valence-corrected chi connectivity index (χ4v) is 3.31. The molecule has 21 heavy (non-hydrogen) atoms. The summed E-state index contributed by atoms with van der Waals surface area (Å²) < 4.78 is 1.11. The van der Waals surface area contributed by atoms with Crippen molar-refractivity contribution in [1.29, 1.82) is 0 Å². The Hall–Kier alpha value is -1.16. The maximum Gasteiger partial charge on any atom is 0.0508 e. The minimum absolute atomic E-state index is 0.0534. The van der Waals surface area contributed by atoms with Gasteiger partial charge in [0.2, 0.25) is 0 Å². The molecule has 0 heterocycles. The van der Waals surface area contributed by atoms with Crippen LogP contribution in [0.25, 0.3) is 0 Å². The van der Waals surface area contributed by atoms with Crippen molar-refractivity contribution in [2.24, 2.45) is 5.73 Å². The third kappa shape index (κ3) is 3.94. The van der Waals surface area contributed by atoms with Gasteiger partial charge in [-0.15, -0.1) is 0 Å². The standard InChI is InChI=1S/C18H23BrN2/c1-13-8-4-5-9-15(13)12-21(3)18(14(2)20)16-10-6-7-11-17(16)19/h4-11,14,18H,12,20H2,1-3H3. The van der Waals surface area contributed by atoms with Gasteiger partial charge < -0.3 is 5.73 Å². The quantitative estimate of drug-likeness (QED) is 0.875. The smallest absolute Gasteiger partial charge is 0.0508 e. The summed E-state index contributed by atoms with van der Waals surface area (Å²) in [6, 6.07) is 17.1. The Morgan fingerprint density at radius 2 is 1.71 bits per heavy atom. The van der Waals surface area contributed by atoms with Crippen LogP contribution in [0, 0.1) is 6.92 Å². The normalized spacial score (nSPS) is 14.2. The predicted octanol–water partition coefficient (Wildman–Crippen LogP) is 4.28. The first-order chi connectivity index (χ1) is 10.0. The zero-order valence-corrected chi connectivity index (χ0v) is 14.5. The van der Waals surface area contributed by atoms with Gasteiger partial charge in [0.25, 0.3) is 0 Å². The van der Waals surface area contributed by atoms with Crippen molar-refractivity contribution in [3.05, 3.63) is 69.7 Å². The molecule has 0 saturated heterocycles. The molecule has 0 radical (unpaired) electrons. The average Bonchev–Trinajstić information content (AvgIpc) is 2.43. The summed E-state index contributed by atoms with van der Waals surface area (Å²) >= 11 is 3.65. The van der Waals surface area contributed by atoms with E-state index in [9.17, 15) is 0 Å². The molecule has 0 aromatic heterocycles. The average molecular weight is 347 g/mol. The van der Waals surface area contributed by atoms with Gasteiger partial charge in [0, 0.05) is 17.1 Å². The van der Waals surface area contributed by atoms with Crippen LogP contribution < -0.4 is 5.73 Å². The van der Waals surface area contributed by atoms with E-state index in [-0.39, 0.29) is 12.1 Å². The Morgan fingerprint density at radius 1 is 1.10 bits per heavy atom. The van der Waals surface area contributed by atoms with E-state index >= 15 is 0 Å². The Bertz CT molecular complexity index is 595. The number of likely N-dealkylation sites (N-methyl/N-ethyl adjacent to an activating group) is 1. The molecule has 0 aliphatic heterocycles. The lowest BCUT2D eigenvalue weighted by molar-refractivity contribution is 0.210. The summed E-state index contributed by atoms with van der Waals surface area (Å²) in [7, 11) is 2.14. The van der Waals surface area contributed by atoms with Crippen molar-refractivity contribution in [3.8, 4) is 0 Å². The summed E-state index contributed by atoms with van der Waals surface area (Å²) in [6.45, 7) is 5.11. The molecule has 2 aromatic carbocycles. The van der Waals surface area contributed by atoms with Gasteiger partial charge >= 0.3 is 0 Å². The highest BCUT2D eigenvalue weighted by Gasteiger charge is 2.23. The molecule has 2 atom stereocenters. The second-order valence-electron chi connectivity index (χ2n) is 5.67. The largest absolute Gasteiger partial charge is 0.326 e. The van der Waals surface area contributed by atoms with Crippen LogP contribution in [0.4, 0.5) is 0 Å². The van der Waals surface area contributed by atoms with Crippen LogP contribution in [-0.4, -0.2) is 18.0 Å². The molecule has 2 unspecified atom stereocenters. The summed E-state index contributed by atoms with van der Waals surface area (Å²) in [5, 5.41) is 0. The van der Waals surface area contributed by atoms with Gasteiger partial charge in [-0.3, -0.25) is 4.90 Å². The van der Waals surface area contributed by atoms with E-state index < -0.39 is 0 Å². The first-order valence-electron chi connectivity index (χ1n) is 7.25. The molecule has 0 fully saturated rings. The minimum Gasteiger partial charge on any atom is -0.326 e. The van der Waals surface area contributed by atoms with Crippen LogP contribution in [-0.2, 0) is 6.54 Å². The molecule has 2 N–H and O–H groups in total. The Balaban J connectivity index is 2.27. The van der Waals surface area contributed by atoms with Gasteiger partial charge in [0.1, 0.15) is 0 Å². The molecular formula is C18H23BrN2. The van der Waals surface area contributed by atoms with Gasteiger partial charge in [0.15, 0.2) is 0 Å². The number of benzene rings is 2. The predicted molar refractivity (Wildman–Crippen MR) is 93.2 cm³/mol. The van der Waals surface area contributed by atoms with Crippen molar-refractivity contribution >= 4 is 15.9 Å². The highest BCUT2D eigenvalue weighted by atomic mass is 79.9. The van der Waals surface area contributed by atoms with Gasteiger partial charge in [-0.05, 0) is 43.7 Å². The van der Waals surface area contributed by atoms with E-state index in [1.807, 2.05) is 6.07 Å². The van der Waals surface area contributed by atoms with Gasteiger partial charge in [-0.2, -0.15) is 0 Å². The van der Waals surface area contributed by atoms with E-state index in [1.165, 1.54) is 16.7 Å². The fourth-order valence-electron chi connectivity index (χ4n) is 2.79. The molecule has 2 nitrogen and oxygen atoms in total. The lowest BCUT2D eigenvalue weighted by Crippen LogP contribution is -2.37. The van der Waals surface area contributed by atoms with Crippen molar-refractivity contribution in [2.45, 2.75) is 32.5 Å². The SMILES string of the molecule is Cc1ccccc1CN(C)C(c1ccccc1Br)C(C)N. The number of hydrogen-bond donors (Lipinski definition) is 1. The molecule has 0 spiro atoms. The Kier molecular flexibility index (Phi) is 5.57. The van der Waals surface area contributed by atoms with Crippen LogP contribution in [0.1, 0.15) is 29.7 Å². The lowest BCUT2D eigenvalue weighted by atomic mass is 9.98. The second kappa shape index (κ2) is 7.21. The van der Waals surface area contributed by atoms with E-state index in [0.29, 0.717) is 0 Å². The summed E-state index contributed by atoms with van der Waals surface area (Å²) in [4.78, 5) is 2.33. The monoisotopic (exact) mass is 346 g/mol. The number of halogens is 1. The lowest BCUT2D eigenvalue weighted by Gasteiger charge is -2.32. The van der Waals surface area contributed by atoms with Crippen LogP contribution >= 0.6 is 15.9 Å². The molecule has 2 aromatic rings. The number of hydrogen-bond acceptors (Lipinski definition) is 2. The summed E-state index contributed by atoms with van der Waals surface area (Å²) in [6.07, 6.45) is 0. The van der Waals surface area contributed by atoms with Crippen molar-refractivity contribution in [1.82, 2.24) is 4.90 Å². The maximum absolute atomic E-state index is 6.27. The van der Waals surface area contributed by atoms with Gasteiger partial charge in [-0.1, -0.05) is 58.4 Å². The Labute approximate surface area is 136 Å². The topological polar surface area (TPSA) is 29.3 Å². The number of aryl methyl sites for hydroxylation is 1. The second-order valence-corrected chi connectivity index (χ2v) is 6.52. The van der Waals surface area contributed by atoms with Crippen molar-refractivity contribution in [3.63, 3.8) is 0 Å². The maximum atomic E-state index is 6.27. The molecule has 0 aliphatic rings. The van der Waals surface area contributed by atoms with Gasteiger partial charge in [-0.25, -0.2) is 0 Å². The summed E-state index contributed by atoms with van der Waals surface area (Å²) in [5.41, 5.74) is 10.2. The van der Waals surface area contributed by atoms with Crippen LogP contribution in [0.2, 0.25) is 0 Å². The molecular weight excluding hydrogens is 324 g/mol. The number of rotatable bonds is 5. The van der Waals surface area contributed by atoms with Crippen LogP contribution in [0.5, 0.6) is 0 Å². The van der Waals surface area contributed by atoms with E-state index in [0.717, 1.165) is 11.0 Å². The molecule has 0 aliphatic carbocycles. The zero-order valence-electron chi connectivity index (χ0n) is 12.9. The molecule has 0 bridgehead atoms. The molecule has 2 rings (SSSR count). The third-order valence-electron chi connectivity index (χ3n) is 3.88. The fraction of sp³-hybridized carbons (Fsp3) is 0.333. The number of nitrogens with two attached hydrogens (primary N) is 1. The molecule has 0 saturated carbocycles. The van der Waals surface area contributed by atoms with Crippen LogP contribution in [0.3, 0.4) is 0 Å². The van der Waals surface area contributed by atoms with E-state index in [4.69, 9.17) is 5.73 Å². The minimum atomic E-state index is 0.0534. The van der Waals surface area contributed by atoms with Crippen LogP contribution in [0.15, 0.2) is 53.0 Å². The van der Waals surface area contributed by atoms with Gasteiger partial charge in [0.05, 0.1) is 6.04 Å². The van der Waals surface area contributed by atoms with Crippen molar-refractivity contribution < 1.29 is 0 Å². The Morgan fingerprint density at radius 3 is 2.33 bits per heavy atom. The zero-order chi connectivity index (χ0) is 15.4. The molecule has 3 heteroatoms. The van der Waals surface area contributed by atoms with Crippen molar-refractivity contribution in [2.75, 3.05) is 7.05 Å². The highest BCUT2D eigenvalue weighted by molar-refractivity contribution is 9.10. The molecule has 112 valence electrons. The summed E-state index contributed by atoms with van der Waals surface area (Å²) in [5.74, 6) is 0. The van der Waals surface area contributed by atoms with E-state index in [2.05, 4.69) is 84.2 Å².